The van der Waals surface area contributed by atoms with E-state index in [1.807, 2.05) is 7.05 Å². The zero-order valence-corrected chi connectivity index (χ0v) is 25.9. The second-order valence-corrected chi connectivity index (χ2v) is 12.6. The van der Waals surface area contributed by atoms with Gasteiger partial charge in [-0.3, -0.25) is 14.4 Å². The lowest BCUT2D eigenvalue weighted by Gasteiger charge is -2.35. The fourth-order valence-electron chi connectivity index (χ4n) is 5.12. The van der Waals surface area contributed by atoms with Crippen LogP contribution in [0.25, 0.3) is 0 Å². The average molecular weight is 674 g/mol. The van der Waals surface area contributed by atoms with Crippen molar-refractivity contribution in [3.05, 3.63) is 29.6 Å². The number of likely N-dealkylation sites (N-methyl/N-ethyl adjacent to an activating group) is 1. The Morgan fingerprint density at radius 1 is 1.05 bits per heavy atom. The van der Waals surface area contributed by atoms with E-state index in [-0.39, 0.29) is 27.8 Å². The molecule has 0 spiro atoms. The number of halogens is 2. The van der Waals surface area contributed by atoms with Gasteiger partial charge >= 0.3 is 6.09 Å². The third-order valence-electron chi connectivity index (χ3n) is 7.21. The van der Waals surface area contributed by atoms with Crippen molar-refractivity contribution in [1.29, 1.82) is 0 Å². The van der Waals surface area contributed by atoms with E-state index in [9.17, 15) is 19.2 Å². The van der Waals surface area contributed by atoms with Crippen molar-refractivity contribution in [2.24, 2.45) is 5.92 Å². The average Bonchev–Trinajstić information content (AvgIpc) is 2.87. The summed E-state index contributed by atoms with van der Waals surface area (Å²) in [4.78, 5) is 54.6. The quantitative estimate of drug-likeness (QED) is 0.218. The van der Waals surface area contributed by atoms with Gasteiger partial charge in [-0.2, -0.15) is 0 Å². The van der Waals surface area contributed by atoms with Crippen LogP contribution < -0.4 is 16.0 Å². The van der Waals surface area contributed by atoms with Gasteiger partial charge in [0.25, 0.3) is 3.91 Å². The molecule has 1 saturated heterocycles. The van der Waals surface area contributed by atoms with Crippen LogP contribution in [0.5, 0.6) is 0 Å². The van der Waals surface area contributed by atoms with Crippen molar-refractivity contribution in [3.63, 3.8) is 0 Å². The Bertz CT molecular complexity index is 1070. The topological polar surface area (TPSA) is 120 Å². The fourth-order valence-corrected chi connectivity index (χ4v) is 5.45. The van der Waals surface area contributed by atoms with Gasteiger partial charge in [0, 0.05) is 55.2 Å². The van der Waals surface area contributed by atoms with Crippen molar-refractivity contribution in [2.75, 3.05) is 38.5 Å². The Hall–Kier alpha value is -2.48. The van der Waals surface area contributed by atoms with Crippen molar-refractivity contribution in [2.45, 2.75) is 77.0 Å². The zero-order chi connectivity index (χ0) is 29.4. The summed E-state index contributed by atoms with van der Waals surface area (Å²) < 4.78 is 20.2. The summed E-state index contributed by atoms with van der Waals surface area (Å²) in [5, 5.41) is 8.02. The van der Waals surface area contributed by atoms with Crippen LogP contribution in [0.2, 0.25) is 0 Å². The molecular weight excluding hydrogens is 632 g/mol. The second kappa shape index (κ2) is 14.4. The lowest BCUT2D eigenvalue weighted by molar-refractivity contribution is -0.135. The number of nitrogens with zero attached hydrogens (tertiary/aromatic N) is 2. The molecule has 12 heteroatoms. The summed E-state index contributed by atoms with van der Waals surface area (Å²) in [7, 11) is 1.98. The number of anilines is 1. The highest BCUT2D eigenvalue weighted by molar-refractivity contribution is 14.1. The smallest absolute Gasteiger partial charge is 0.408 e. The fraction of sp³-hybridized carbons (Fsp3) is 0.643. The standard InChI is InChI=1S/C28H41FIN5O5/c1-28(2,3)40-27(39)32-22(25(37)35-14-12-34(4)13-15-35)17-18-10-11-21(20(29)16-18)31-24(36)23(33-26(30)38)19-8-6-5-7-9-19/h10-11,16,19,22-23H,5-9,12-15,17H2,1-4H3,(H,31,36)(H,32,39)(H,33,38)/t22-,23+/m1/s1. The molecule has 0 aromatic heterocycles. The van der Waals surface area contributed by atoms with Crippen LogP contribution in [0.4, 0.5) is 19.7 Å². The number of hydrogen-bond acceptors (Lipinski definition) is 6. The number of hydrogen-bond donors (Lipinski definition) is 3. The molecule has 1 aliphatic heterocycles. The van der Waals surface area contributed by atoms with Gasteiger partial charge in [-0.1, -0.05) is 25.3 Å². The Balaban J connectivity index is 1.73. The van der Waals surface area contributed by atoms with Crippen LogP contribution in [0.1, 0.15) is 58.4 Å². The maximum absolute atomic E-state index is 15.2. The molecule has 0 unspecified atom stereocenters. The highest BCUT2D eigenvalue weighted by Crippen LogP contribution is 2.28. The molecule has 40 heavy (non-hydrogen) atoms. The number of ether oxygens (including phenoxy) is 1. The van der Waals surface area contributed by atoms with E-state index in [1.54, 1.807) is 54.3 Å². The molecule has 2 aliphatic rings. The summed E-state index contributed by atoms with van der Waals surface area (Å²) in [5.41, 5.74) is -0.285. The van der Waals surface area contributed by atoms with E-state index in [1.165, 1.54) is 12.1 Å². The minimum Gasteiger partial charge on any atom is -0.444 e. The van der Waals surface area contributed by atoms with E-state index < -0.39 is 35.5 Å². The lowest BCUT2D eigenvalue weighted by atomic mass is 9.83. The molecule has 2 fully saturated rings. The van der Waals surface area contributed by atoms with Gasteiger partial charge in [-0.15, -0.1) is 0 Å². The monoisotopic (exact) mass is 673 g/mol. The molecule has 1 aromatic rings. The van der Waals surface area contributed by atoms with Gasteiger partial charge in [-0.05, 0) is 64.3 Å². The third-order valence-corrected chi connectivity index (χ3v) is 7.52. The predicted octanol–water partition coefficient (Wildman–Crippen LogP) is 4.07. The lowest BCUT2D eigenvalue weighted by Crippen LogP contribution is -2.55. The molecule has 1 saturated carbocycles. The van der Waals surface area contributed by atoms with Crippen LogP contribution in [0.3, 0.4) is 0 Å². The number of carbonyl (C=O) groups is 4. The molecule has 3 rings (SSSR count). The van der Waals surface area contributed by atoms with E-state index in [2.05, 4.69) is 20.9 Å². The summed E-state index contributed by atoms with van der Waals surface area (Å²) in [6.45, 7) is 7.68. The van der Waals surface area contributed by atoms with Gasteiger partial charge < -0.3 is 30.5 Å². The molecule has 1 aromatic carbocycles. The highest BCUT2D eigenvalue weighted by atomic mass is 127. The number of rotatable bonds is 8. The maximum atomic E-state index is 15.2. The van der Waals surface area contributed by atoms with E-state index in [4.69, 9.17) is 4.74 Å². The number of nitrogens with one attached hydrogen (secondary N) is 3. The molecule has 0 bridgehead atoms. The Labute approximate surface area is 249 Å². The summed E-state index contributed by atoms with van der Waals surface area (Å²) in [5.74, 6) is -1.40. The highest BCUT2D eigenvalue weighted by Gasteiger charge is 2.32. The molecule has 3 N–H and O–H groups in total. The Kier molecular flexibility index (Phi) is 11.6. The second-order valence-electron chi connectivity index (χ2n) is 11.6. The molecular formula is C28H41FIN5O5. The number of piperazine rings is 1. The third kappa shape index (κ3) is 9.86. The molecule has 1 heterocycles. The Morgan fingerprint density at radius 3 is 2.27 bits per heavy atom. The minimum atomic E-state index is -0.951. The first-order valence-corrected chi connectivity index (χ1v) is 14.9. The number of alkyl carbamates (subject to hydrolysis) is 1. The van der Waals surface area contributed by atoms with Crippen molar-refractivity contribution in [3.8, 4) is 0 Å². The van der Waals surface area contributed by atoms with Crippen LogP contribution in [-0.2, 0) is 20.7 Å². The van der Waals surface area contributed by atoms with Crippen LogP contribution in [0.15, 0.2) is 18.2 Å². The number of carbonyl (C=O) groups excluding carboxylic acids is 4. The van der Waals surface area contributed by atoms with Crippen molar-refractivity contribution in [1.82, 2.24) is 20.4 Å². The van der Waals surface area contributed by atoms with Gasteiger partial charge in [-0.25, -0.2) is 9.18 Å². The van der Waals surface area contributed by atoms with Crippen LogP contribution in [0, 0.1) is 11.7 Å². The SMILES string of the molecule is CN1CCN(C(=O)[C@@H](Cc2ccc(NC(=O)[C@@H](NC(=O)I)C3CCCCC3)c(F)c2)NC(=O)OC(C)(C)C)CC1. The molecule has 4 amide bonds. The van der Waals surface area contributed by atoms with Gasteiger partial charge in [0.05, 0.1) is 5.69 Å². The summed E-state index contributed by atoms with van der Waals surface area (Å²) in [6, 6.07) is 2.62. The summed E-state index contributed by atoms with van der Waals surface area (Å²) >= 11 is 1.60. The van der Waals surface area contributed by atoms with Gasteiger partial charge in [0.1, 0.15) is 23.5 Å². The van der Waals surface area contributed by atoms with Crippen molar-refractivity contribution >= 4 is 50.1 Å². The largest absolute Gasteiger partial charge is 0.444 e. The van der Waals surface area contributed by atoms with Gasteiger partial charge in [0.15, 0.2) is 0 Å². The molecule has 222 valence electrons. The van der Waals surface area contributed by atoms with Crippen molar-refractivity contribution < 1.29 is 28.3 Å². The molecule has 0 radical (unpaired) electrons. The Morgan fingerprint density at radius 2 is 1.70 bits per heavy atom. The normalized spacial score (nSPS) is 18.4. The first-order chi connectivity index (χ1) is 18.8. The first-order valence-electron chi connectivity index (χ1n) is 13.8. The van der Waals surface area contributed by atoms with Crippen LogP contribution in [-0.4, -0.2) is 82.5 Å². The molecule has 1 aliphatic carbocycles. The summed E-state index contributed by atoms with van der Waals surface area (Å²) in [6.07, 6.45) is 4.04. The van der Waals surface area contributed by atoms with Crippen LogP contribution >= 0.6 is 22.6 Å². The number of amides is 4. The molecule has 2 atom stereocenters. The van der Waals surface area contributed by atoms with Gasteiger partial charge in [0.2, 0.25) is 11.8 Å². The number of benzene rings is 1. The minimum absolute atomic E-state index is 0.00456. The predicted molar refractivity (Wildman–Crippen MR) is 159 cm³/mol. The molecule has 10 nitrogen and oxygen atoms in total. The van der Waals surface area contributed by atoms with E-state index >= 15 is 4.39 Å². The van der Waals surface area contributed by atoms with E-state index in [0.29, 0.717) is 31.7 Å². The zero-order valence-electron chi connectivity index (χ0n) is 23.7. The maximum Gasteiger partial charge on any atom is 0.408 e. The first kappa shape index (κ1) is 32.0. The van der Waals surface area contributed by atoms with E-state index in [0.717, 1.165) is 32.1 Å².